The summed E-state index contributed by atoms with van der Waals surface area (Å²) >= 11 is 0. The Labute approximate surface area is 127 Å². The van der Waals surface area contributed by atoms with Gasteiger partial charge in [-0.25, -0.2) is 4.68 Å². The van der Waals surface area contributed by atoms with Crippen LogP contribution in [0.15, 0.2) is 30.3 Å². The van der Waals surface area contributed by atoms with E-state index in [2.05, 4.69) is 41.5 Å². The molecule has 0 spiro atoms. The van der Waals surface area contributed by atoms with Crippen molar-refractivity contribution in [2.24, 2.45) is 5.73 Å². The molecule has 4 heteroatoms. The highest BCUT2D eigenvalue weighted by atomic mass is 15.4. The van der Waals surface area contributed by atoms with Crippen LogP contribution in [0.5, 0.6) is 0 Å². The number of hydrogen-bond donors (Lipinski definition) is 1. The molecule has 4 nitrogen and oxygen atoms in total. The fourth-order valence-electron chi connectivity index (χ4n) is 2.55. The maximum atomic E-state index is 5.80. The third-order valence-electron chi connectivity index (χ3n) is 3.80. The van der Waals surface area contributed by atoms with Crippen molar-refractivity contribution >= 4 is 0 Å². The number of aryl methyl sites for hydroxylation is 1. The largest absolute Gasteiger partial charge is 0.325 e. The summed E-state index contributed by atoms with van der Waals surface area (Å²) in [6.45, 7) is 3.64. The first-order valence-corrected chi connectivity index (χ1v) is 8.00. The first-order valence-electron chi connectivity index (χ1n) is 8.00. The molecule has 0 saturated carbocycles. The first kappa shape index (κ1) is 15.7. The standard InChI is InChI=1S/C17H26N4/c1-2-3-4-5-9-12-21-17(16(14-18)19-20-21)13-15-10-7-6-8-11-15/h6-8,10-11H,2-5,9,12-14,18H2,1H3. The predicted octanol–water partition coefficient (Wildman–Crippen LogP) is 3.30. The minimum absolute atomic E-state index is 0.456. The maximum absolute atomic E-state index is 5.80. The third kappa shape index (κ3) is 4.67. The molecule has 21 heavy (non-hydrogen) atoms. The number of nitrogens with two attached hydrogens (primary N) is 1. The minimum Gasteiger partial charge on any atom is -0.325 e. The lowest BCUT2D eigenvalue weighted by Gasteiger charge is -2.08. The van der Waals surface area contributed by atoms with Gasteiger partial charge in [0.25, 0.3) is 0 Å². The Kier molecular flexibility index (Phi) is 6.41. The number of rotatable bonds is 9. The zero-order valence-corrected chi connectivity index (χ0v) is 13.0. The Balaban J connectivity index is 1.99. The smallest absolute Gasteiger partial charge is 0.0998 e. The number of hydrogen-bond acceptors (Lipinski definition) is 3. The zero-order chi connectivity index (χ0) is 14.9. The fraction of sp³-hybridized carbons (Fsp3) is 0.529. The molecule has 0 unspecified atom stereocenters. The molecule has 0 atom stereocenters. The van der Waals surface area contributed by atoms with E-state index in [1.54, 1.807) is 0 Å². The second kappa shape index (κ2) is 8.57. The summed E-state index contributed by atoms with van der Waals surface area (Å²) in [5.41, 5.74) is 9.17. The van der Waals surface area contributed by atoms with E-state index in [0.717, 1.165) is 25.1 Å². The average molecular weight is 286 g/mol. The molecule has 2 N–H and O–H groups in total. The number of benzene rings is 1. The second-order valence-electron chi connectivity index (χ2n) is 5.49. The van der Waals surface area contributed by atoms with E-state index in [1.165, 1.54) is 36.9 Å². The van der Waals surface area contributed by atoms with Gasteiger partial charge >= 0.3 is 0 Å². The van der Waals surface area contributed by atoms with Crippen molar-refractivity contribution < 1.29 is 0 Å². The van der Waals surface area contributed by atoms with E-state index in [0.29, 0.717) is 6.54 Å². The van der Waals surface area contributed by atoms with Gasteiger partial charge in [-0.05, 0) is 12.0 Å². The molecule has 0 saturated heterocycles. The van der Waals surface area contributed by atoms with Crippen LogP contribution in [-0.4, -0.2) is 15.0 Å². The van der Waals surface area contributed by atoms with E-state index in [-0.39, 0.29) is 0 Å². The summed E-state index contributed by atoms with van der Waals surface area (Å²) in [6, 6.07) is 10.4. The van der Waals surface area contributed by atoms with Crippen LogP contribution in [-0.2, 0) is 19.5 Å². The Morgan fingerprint density at radius 3 is 2.52 bits per heavy atom. The number of aromatic nitrogens is 3. The molecule has 1 aromatic carbocycles. The molecule has 1 aromatic heterocycles. The van der Waals surface area contributed by atoms with Crippen LogP contribution in [0, 0.1) is 0 Å². The highest BCUT2D eigenvalue weighted by molar-refractivity contribution is 5.23. The fourth-order valence-corrected chi connectivity index (χ4v) is 2.55. The van der Waals surface area contributed by atoms with E-state index in [9.17, 15) is 0 Å². The lowest BCUT2D eigenvalue weighted by atomic mass is 10.1. The van der Waals surface area contributed by atoms with Crippen molar-refractivity contribution in [1.29, 1.82) is 0 Å². The summed E-state index contributed by atoms with van der Waals surface area (Å²) in [6.07, 6.45) is 7.19. The summed E-state index contributed by atoms with van der Waals surface area (Å²) < 4.78 is 2.04. The maximum Gasteiger partial charge on any atom is 0.0998 e. The van der Waals surface area contributed by atoms with Gasteiger partial charge in [0.15, 0.2) is 0 Å². The van der Waals surface area contributed by atoms with Crippen molar-refractivity contribution in [2.45, 2.75) is 58.5 Å². The van der Waals surface area contributed by atoms with Crippen molar-refractivity contribution in [3.05, 3.63) is 47.3 Å². The van der Waals surface area contributed by atoms with Gasteiger partial charge in [-0.3, -0.25) is 0 Å². The van der Waals surface area contributed by atoms with Crippen molar-refractivity contribution in [1.82, 2.24) is 15.0 Å². The zero-order valence-electron chi connectivity index (χ0n) is 13.0. The molecule has 0 aliphatic rings. The molecule has 114 valence electrons. The Hall–Kier alpha value is -1.68. The molecule has 1 heterocycles. The minimum atomic E-state index is 0.456. The number of unbranched alkanes of at least 4 members (excludes halogenated alkanes) is 4. The molecule has 0 aliphatic carbocycles. The highest BCUT2D eigenvalue weighted by Gasteiger charge is 2.11. The lowest BCUT2D eigenvalue weighted by molar-refractivity contribution is 0.509. The Morgan fingerprint density at radius 1 is 1.05 bits per heavy atom. The lowest BCUT2D eigenvalue weighted by Crippen LogP contribution is -2.09. The monoisotopic (exact) mass is 286 g/mol. The van der Waals surface area contributed by atoms with Gasteiger partial charge in [0, 0.05) is 19.5 Å². The molecule has 0 radical (unpaired) electrons. The second-order valence-corrected chi connectivity index (χ2v) is 5.49. The summed E-state index contributed by atoms with van der Waals surface area (Å²) in [5, 5.41) is 8.52. The molecule has 0 amide bonds. The van der Waals surface area contributed by atoms with Crippen LogP contribution in [0.3, 0.4) is 0 Å². The molecular weight excluding hydrogens is 260 g/mol. The van der Waals surface area contributed by atoms with Crippen molar-refractivity contribution in [3.8, 4) is 0 Å². The van der Waals surface area contributed by atoms with Gasteiger partial charge in [-0.2, -0.15) is 0 Å². The van der Waals surface area contributed by atoms with Crippen LogP contribution in [0.4, 0.5) is 0 Å². The van der Waals surface area contributed by atoms with Gasteiger partial charge in [-0.15, -0.1) is 5.10 Å². The summed E-state index contributed by atoms with van der Waals surface area (Å²) in [7, 11) is 0. The van der Waals surface area contributed by atoms with E-state index < -0.39 is 0 Å². The summed E-state index contributed by atoms with van der Waals surface area (Å²) in [4.78, 5) is 0. The van der Waals surface area contributed by atoms with E-state index in [4.69, 9.17) is 5.73 Å². The van der Waals surface area contributed by atoms with Crippen molar-refractivity contribution in [2.75, 3.05) is 0 Å². The summed E-state index contributed by atoms with van der Waals surface area (Å²) in [5.74, 6) is 0. The molecule has 2 rings (SSSR count). The molecule has 0 aliphatic heterocycles. The normalized spacial score (nSPS) is 11.0. The van der Waals surface area contributed by atoms with Crippen LogP contribution >= 0.6 is 0 Å². The van der Waals surface area contributed by atoms with Gasteiger partial charge < -0.3 is 5.73 Å². The van der Waals surface area contributed by atoms with Gasteiger partial charge in [0.2, 0.25) is 0 Å². The van der Waals surface area contributed by atoms with E-state index in [1.807, 2.05) is 10.7 Å². The molecule has 0 fully saturated rings. The quantitative estimate of drug-likeness (QED) is 0.720. The Bertz CT molecular complexity index is 519. The van der Waals surface area contributed by atoms with Crippen LogP contribution in [0.1, 0.15) is 56.0 Å². The average Bonchev–Trinajstić information content (AvgIpc) is 2.90. The predicted molar refractivity (Wildman–Crippen MR) is 85.9 cm³/mol. The SMILES string of the molecule is CCCCCCCn1nnc(CN)c1Cc1ccccc1. The molecule has 0 bridgehead atoms. The number of nitrogens with zero attached hydrogens (tertiary/aromatic N) is 3. The van der Waals surface area contributed by atoms with Gasteiger partial charge in [0.05, 0.1) is 11.4 Å². The Morgan fingerprint density at radius 2 is 1.81 bits per heavy atom. The van der Waals surface area contributed by atoms with E-state index >= 15 is 0 Å². The van der Waals surface area contributed by atoms with Crippen LogP contribution in [0.25, 0.3) is 0 Å². The third-order valence-corrected chi connectivity index (χ3v) is 3.80. The molecular formula is C17H26N4. The highest BCUT2D eigenvalue weighted by Crippen LogP contribution is 2.13. The van der Waals surface area contributed by atoms with Gasteiger partial charge in [0.1, 0.15) is 0 Å². The van der Waals surface area contributed by atoms with Crippen LogP contribution < -0.4 is 5.73 Å². The first-order chi connectivity index (χ1) is 10.3. The van der Waals surface area contributed by atoms with Crippen LogP contribution in [0.2, 0.25) is 0 Å². The van der Waals surface area contributed by atoms with Crippen molar-refractivity contribution in [3.63, 3.8) is 0 Å². The topological polar surface area (TPSA) is 56.7 Å². The molecule has 2 aromatic rings. The van der Waals surface area contributed by atoms with Gasteiger partial charge in [-0.1, -0.05) is 68.2 Å².